The van der Waals surface area contributed by atoms with Crippen molar-refractivity contribution < 1.29 is 19.1 Å². The van der Waals surface area contributed by atoms with Crippen molar-refractivity contribution in [2.75, 3.05) is 32.1 Å². The first kappa shape index (κ1) is 24.1. The number of carbonyl (C=O) groups is 2. The molecule has 31 heavy (non-hydrogen) atoms. The van der Waals surface area contributed by atoms with Crippen LogP contribution in [0.5, 0.6) is 11.5 Å². The Morgan fingerprint density at radius 1 is 1.19 bits per heavy atom. The van der Waals surface area contributed by atoms with E-state index in [4.69, 9.17) is 27.5 Å². The first-order valence-corrected chi connectivity index (χ1v) is 10.5. The fraction of sp³-hybridized carbons (Fsp3) is 0.333. The van der Waals surface area contributed by atoms with E-state index in [-0.39, 0.29) is 23.4 Å². The van der Waals surface area contributed by atoms with Gasteiger partial charge in [-0.25, -0.2) is 0 Å². The van der Waals surface area contributed by atoms with Crippen LogP contribution in [0, 0.1) is 12.3 Å². The summed E-state index contributed by atoms with van der Waals surface area (Å²) < 4.78 is 11.4. The molecule has 0 aromatic heterocycles. The summed E-state index contributed by atoms with van der Waals surface area (Å²) in [7, 11) is 1.54. The molecule has 0 atom stereocenters. The molecular formula is C24H27ClN2O4. The van der Waals surface area contributed by atoms with Crippen molar-refractivity contribution in [2.24, 2.45) is 0 Å². The Hall–Kier alpha value is -3.17. The minimum atomic E-state index is -0.365. The predicted molar refractivity (Wildman–Crippen MR) is 123 cm³/mol. The maximum Gasteiger partial charge on any atom is 0.254 e. The summed E-state index contributed by atoms with van der Waals surface area (Å²) in [5.74, 6) is 2.62. The SMILES string of the molecule is C#Cc1cccc(NC(=O)CN(C)C(=O)c2cc(Cl)c(OCCCC)c(OCC)c2)c1. The number of anilines is 1. The van der Waals surface area contributed by atoms with Crippen molar-refractivity contribution in [2.45, 2.75) is 26.7 Å². The van der Waals surface area contributed by atoms with Crippen LogP contribution in [0.25, 0.3) is 0 Å². The molecule has 0 heterocycles. The molecule has 0 bridgehead atoms. The highest BCUT2D eigenvalue weighted by atomic mass is 35.5. The van der Waals surface area contributed by atoms with Gasteiger partial charge in [0.05, 0.1) is 24.8 Å². The molecule has 0 unspecified atom stereocenters. The number of benzene rings is 2. The van der Waals surface area contributed by atoms with Crippen LogP contribution in [0.15, 0.2) is 36.4 Å². The van der Waals surface area contributed by atoms with Gasteiger partial charge in [-0.2, -0.15) is 0 Å². The van der Waals surface area contributed by atoms with Gasteiger partial charge in [0.25, 0.3) is 5.91 Å². The zero-order valence-electron chi connectivity index (χ0n) is 18.0. The molecule has 0 radical (unpaired) electrons. The molecule has 0 fully saturated rings. The molecule has 0 aliphatic rings. The lowest BCUT2D eigenvalue weighted by atomic mass is 10.1. The van der Waals surface area contributed by atoms with Gasteiger partial charge in [-0.15, -0.1) is 6.42 Å². The van der Waals surface area contributed by atoms with E-state index >= 15 is 0 Å². The number of terminal acetylenes is 1. The molecule has 164 valence electrons. The van der Waals surface area contributed by atoms with Crippen molar-refractivity contribution >= 4 is 29.1 Å². The fourth-order valence-electron chi connectivity index (χ4n) is 2.81. The average molecular weight is 443 g/mol. The van der Waals surface area contributed by atoms with Crippen LogP contribution in [-0.4, -0.2) is 43.5 Å². The Kier molecular flexibility index (Phi) is 9.23. The molecule has 6 nitrogen and oxygen atoms in total. The smallest absolute Gasteiger partial charge is 0.254 e. The van der Waals surface area contributed by atoms with Gasteiger partial charge >= 0.3 is 0 Å². The van der Waals surface area contributed by atoms with E-state index in [1.807, 2.05) is 6.92 Å². The second kappa shape index (κ2) is 11.9. The Morgan fingerprint density at radius 2 is 1.97 bits per heavy atom. The average Bonchev–Trinajstić information content (AvgIpc) is 2.75. The Morgan fingerprint density at radius 3 is 2.65 bits per heavy atom. The number of amides is 2. The van der Waals surface area contributed by atoms with E-state index in [1.165, 1.54) is 11.0 Å². The first-order valence-electron chi connectivity index (χ1n) is 10.1. The normalized spacial score (nSPS) is 10.2. The molecule has 0 spiro atoms. The number of hydrogen-bond donors (Lipinski definition) is 1. The van der Waals surface area contributed by atoms with E-state index in [2.05, 4.69) is 18.2 Å². The van der Waals surface area contributed by atoms with Gasteiger partial charge in [-0.1, -0.05) is 36.9 Å². The quantitative estimate of drug-likeness (QED) is 0.431. The summed E-state index contributed by atoms with van der Waals surface area (Å²) in [4.78, 5) is 26.6. The Bertz CT molecular complexity index is 969. The molecular weight excluding hydrogens is 416 g/mol. The highest BCUT2D eigenvalue weighted by molar-refractivity contribution is 6.32. The third kappa shape index (κ3) is 6.94. The van der Waals surface area contributed by atoms with Gasteiger partial charge in [0.15, 0.2) is 11.5 Å². The van der Waals surface area contributed by atoms with Crippen LogP contribution in [0.4, 0.5) is 5.69 Å². The minimum absolute atomic E-state index is 0.143. The Balaban J connectivity index is 2.11. The maximum absolute atomic E-state index is 12.9. The molecule has 2 aromatic rings. The van der Waals surface area contributed by atoms with Crippen molar-refractivity contribution in [3.8, 4) is 23.8 Å². The number of unbranched alkanes of at least 4 members (excludes halogenated alkanes) is 1. The van der Waals surface area contributed by atoms with Gasteiger partial charge in [-0.05, 0) is 43.7 Å². The number of likely N-dealkylation sites (N-methyl/N-ethyl adjacent to an activating group) is 1. The fourth-order valence-corrected chi connectivity index (χ4v) is 3.07. The summed E-state index contributed by atoms with van der Waals surface area (Å²) in [6, 6.07) is 10.0. The molecule has 0 aliphatic carbocycles. The van der Waals surface area contributed by atoms with Gasteiger partial charge in [-0.3, -0.25) is 9.59 Å². The number of nitrogens with one attached hydrogen (secondary N) is 1. The topological polar surface area (TPSA) is 67.9 Å². The number of hydrogen-bond acceptors (Lipinski definition) is 4. The highest BCUT2D eigenvalue weighted by Gasteiger charge is 2.20. The monoisotopic (exact) mass is 442 g/mol. The van der Waals surface area contributed by atoms with E-state index in [9.17, 15) is 9.59 Å². The number of halogens is 1. The molecule has 2 aromatic carbocycles. The summed E-state index contributed by atoms with van der Waals surface area (Å²) in [5, 5.41) is 3.02. The van der Waals surface area contributed by atoms with Crippen LogP contribution in [0.1, 0.15) is 42.6 Å². The molecule has 2 rings (SSSR count). The van der Waals surface area contributed by atoms with E-state index in [1.54, 1.807) is 37.4 Å². The lowest BCUT2D eigenvalue weighted by molar-refractivity contribution is -0.116. The van der Waals surface area contributed by atoms with Crippen molar-refractivity contribution in [3.05, 3.63) is 52.5 Å². The number of nitrogens with zero attached hydrogens (tertiary/aromatic N) is 1. The van der Waals surface area contributed by atoms with Gasteiger partial charge in [0.2, 0.25) is 5.91 Å². The van der Waals surface area contributed by atoms with E-state index < -0.39 is 0 Å². The van der Waals surface area contributed by atoms with Gasteiger partial charge < -0.3 is 19.7 Å². The second-order valence-electron chi connectivity index (χ2n) is 6.85. The van der Waals surface area contributed by atoms with Crippen LogP contribution < -0.4 is 14.8 Å². The second-order valence-corrected chi connectivity index (χ2v) is 7.26. The van der Waals surface area contributed by atoms with Crippen LogP contribution >= 0.6 is 11.6 Å². The minimum Gasteiger partial charge on any atom is -0.490 e. The predicted octanol–water partition coefficient (Wildman–Crippen LogP) is 4.61. The standard InChI is InChI=1S/C24H27ClN2O4/c1-5-8-12-31-23-20(25)14-18(15-21(23)30-7-3)24(29)27(4)16-22(28)26-19-11-9-10-17(6-2)13-19/h2,9-11,13-15H,5,7-8,12,16H2,1,3-4H3,(H,26,28). The van der Waals surface area contributed by atoms with E-state index in [0.717, 1.165) is 12.8 Å². The first-order chi connectivity index (χ1) is 14.9. The zero-order valence-corrected chi connectivity index (χ0v) is 18.8. The molecule has 0 saturated carbocycles. The van der Waals surface area contributed by atoms with Crippen molar-refractivity contribution in [1.29, 1.82) is 0 Å². The van der Waals surface area contributed by atoms with Gasteiger partial charge in [0.1, 0.15) is 0 Å². The largest absolute Gasteiger partial charge is 0.490 e. The Labute approximate surface area is 188 Å². The van der Waals surface area contributed by atoms with E-state index in [0.29, 0.717) is 41.5 Å². The van der Waals surface area contributed by atoms with Crippen LogP contribution in [-0.2, 0) is 4.79 Å². The molecule has 1 N–H and O–H groups in total. The molecule has 0 saturated heterocycles. The van der Waals surface area contributed by atoms with Crippen LogP contribution in [0.2, 0.25) is 5.02 Å². The third-order valence-electron chi connectivity index (χ3n) is 4.34. The van der Waals surface area contributed by atoms with Gasteiger partial charge in [0, 0.05) is 23.9 Å². The number of ether oxygens (including phenoxy) is 2. The third-order valence-corrected chi connectivity index (χ3v) is 4.62. The highest BCUT2D eigenvalue weighted by Crippen LogP contribution is 2.37. The number of carbonyl (C=O) groups excluding carboxylic acids is 2. The summed E-state index contributed by atoms with van der Waals surface area (Å²) in [6.07, 6.45) is 7.24. The summed E-state index contributed by atoms with van der Waals surface area (Å²) >= 11 is 6.37. The lowest BCUT2D eigenvalue weighted by Gasteiger charge is -2.19. The maximum atomic E-state index is 12.9. The molecule has 7 heteroatoms. The van der Waals surface area contributed by atoms with Crippen LogP contribution in [0.3, 0.4) is 0 Å². The zero-order chi connectivity index (χ0) is 22.8. The summed E-state index contributed by atoms with van der Waals surface area (Å²) in [5.41, 5.74) is 1.53. The van der Waals surface area contributed by atoms with Crippen molar-refractivity contribution in [1.82, 2.24) is 4.90 Å². The number of rotatable bonds is 10. The molecule has 2 amide bonds. The summed E-state index contributed by atoms with van der Waals surface area (Å²) in [6.45, 7) is 4.66. The van der Waals surface area contributed by atoms with Crippen molar-refractivity contribution in [3.63, 3.8) is 0 Å². The molecule has 0 aliphatic heterocycles. The lowest BCUT2D eigenvalue weighted by Crippen LogP contribution is -2.35.